The molecule has 1 aliphatic heterocycles. The van der Waals surface area contributed by atoms with Gasteiger partial charge in [0, 0.05) is 25.3 Å². The van der Waals surface area contributed by atoms with Gasteiger partial charge >= 0.3 is 6.03 Å². The second-order valence-corrected chi connectivity index (χ2v) is 9.29. The first-order valence-corrected chi connectivity index (χ1v) is 11.3. The third-order valence-electron chi connectivity index (χ3n) is 4.67. The van der Waals surface area contributed by atoms with Gasteiger partial charge < -0.3 is 10.6 Å². The van der Waals surface area contributed by atoms with E-state index >= 15 is 0 Å². The van der Waals surface area contributed by atoms with E-state index in [1.54, 1.807) is 44.2 Å². The molecule has 0 atom stereocenters. The van der Waals surface area contributed by atoms with Crippen molar-refractivity contribution in [3.8, 4) is 0 Å². The van der Waals surface area contributed by atoms with Gasteiger partial charge in [-0.05, 0) is 43.2 Å². The molecule has 0 spiro atoms. The Morgan fingerprint density at radius 1 is 1.00 bits per heavy atom. The standard InChI is InChI=1S/C21H24N4O5S/c1-13(2)24-31(29,30)12-15-7-5-4-6-14(15)11-22-21(28)23-16-8-9-17-18(10-16)20(27)25(3)19(17)26/h4-10,13,24H,11-12H2,1-3H3,(H2,22,23,28). The molecule has 31 heavy (non-hydrogen) atoms. The van der Waals surface area contributed by atoms with E-state index in [4.69, 9.17) is 0 Å². The van der Waals surface area contributed by atoms with Crippen molar-refractivity contribution in [1.29, 1.82) is 0 Å². The van der Waals surface area contributed by atoms with Crippen molar-refractivity contribution < 1.29 is 22.8 Å². The lowest BCUT2D eigenvalue weighted by atomic mass is 10.1. The number of rotatable bonds is 7. The summed E-state index contributed by atoms with van der Waals surface area (Å²) in [6, 6.07) is 10.7. The van der Waals surface area contributed by atoms with Gasteiger partial charge in [0.1, 0.15) is 0 Å². The molecular weight excluding hydrogens is 420 g/mol. The molecule has 4 amide bonds. The molecule has 0 aliphatic carbocycles. The number of nitrogens with one attached hydrogen (secondary N) is 3. The Kier molecular flexibility index (Phi) is 6.42. The maximum Gasteiger partial charge on any atom is 0.319 e. The first-order valence-electron chi connectivity index (χ1n) is 9.65. The fourth-order valence-electron chi connectivity index (χ4n) is 3.27. The van der Waals surface area contributed by atoms with Crippen LogP contribution in [0.1, 0.15) is 45.7 Å². The average molecular weight is 445 g/mol. The van der Waals surface area contributed by atoms with Crippen LogP contribution in [0, 0.1) is 0 Å². The minimum atomic E-state index is -3.51. The smallest absolute Gasteiger partial charge is 0.319 e. The quantitative estimate of drug-likeness (QED) is 0.564. The predicted octanol–water partition coefficient (Wildman–Crippen LogP) is 2.06. The largest absolute Gasteiger partial charge is 0.334 e. The van der Waals surface area contributed by atoms with Gasteiger partial charge in [-0.15, -0.1) is 0 Å². The highest BCUT2D eigenvalue weighted by molar-refractivity contribution is 7.88. The summed E-state index contributed by atoms with van der Waals surface area (Å²) in [5.74, 6) is -0.997. The summed E-state index contributed by atoms with van der Waals surface area (Å²) in [4.78, 5) is 37.4. The lowest BCUT2D eigenvalue weighted by Crippen LogP contribution is -2.32. The van der Waals surface area contributed by atoms with Crippen LogP contribution in [0.5, 0.6) is 0 Å². The van der Waals surface area contributed by atoms with E-state index in [0.29, 0.717) is 22.4 Å². The first kappa shape index (κ1) is 22.4. The Bertz CT molecular complexity index is 1140. The normalized spacial score (nSPS) is 13.5. The van der Waals surface area contributed by atoms with Gasteiger partial charge in [0.25, 0.3) is 11.8 Å². The molecule has 164 valence electrons. The molecule has 0 fully saturated rings. The molecule has 2 aromatic carbocycles. The number of anilines is 1. The highest BCUT2D eigenvalue weighted by Crippen LogP contribution is 2.24. The third kappa shape index (κ3) is 5.28. The van der Waals surface area contributed by atoms with Gasteiger partial charge in [0.2, 0.25) is 10.0 Å². The number of fused-ring (bicyclic) bond motifs is 1. The molecule has 1 aliphatic rings. The van der Waals surface area contributed by atoms with E-state index in [-0.39, 0.29) is 29.8 Å². The van der Waals surface area contributed by atoms with Crippen LogP contribution in [0.3, 0.4) is 0 Å². The highest BCUT2D eigenvalue weighted by Gasteiger charge is 2.32. The fourth-order valence-corrected chi connectivity index (χ4v) is 4.76. The molecule has 0 radical (unpaired) electrons. The topological polar surface area (TPSA) is 125 Å². The summed E-state index contributed by atoms with van der Waals surface area (Å²) in [5, 5.41) is 5.31. The molecule has 0 aromatic heterocycles. The molecular formula is C21H24N4O5S. The number of hydrogen-bond acceptors (Lipinski definition) is 5. The van der Waals surface area contributed by atoms with Crippen molar-refractivity contribution in [2.45, 2.75) is 32.2 Å². The number of nitrogens with zero attached hydrogens (tertiary/aromatic N) is 1. The minimum absolute atomic E-state index is 0.115. The van der Waals surface area contributed by atoms with Gasteiger partial charge in [0.15, 0.2) is 0 Å². The number of benzene rings is 2. The molecule has 0 saturated carbocycles. The Morgan fingerprint density at radius 2 is 1.65 bits per heavy atom. The van der Waals surface area contributed by atoms with Gasteiger partial charge in [0.05, 0.1) is 16.9 Å². The summed E-state index contributed by atoms with van der Waals surface area (Å²) >= 11 is 0. The van der Waals surface area contributed by atoms with Crippen molar-refractivity contribution in [3.63, 3.8) is 0 Å². The molecule has 9 nitrogen and oxygen atoms in total. The Labute approximate surface area is 180 Å². The second-order valence-electron chi connectivity index (χ2n) is 7.54. The third-order valence-corrected chi connectivity index (χ3v) is 6.19. The predicted molar refractivity (Wildman–Crippen MR) is 116 cm³/mol. The van der Waals surface area contributed by atoms with Crippen molar-refractivity contribution in [1.82, 2.24) is 14.9 Å². The zero-order valence-corrected chi connectivity index (χ0v) is 18.2. The Morgan fingerprint density at radius 3 is 2.32 bits per heavy atom. The van der Waals surface area contributed by atoms with Gasteiger partial charge in [-0.25, -0.2) is 17.9 Å². The lowest BCUT2D eigenvalue weighted by molar-refractivity contribution is 0.0693. The molecule has 0 bridgehead atoms. The van der Waals surface area contributed by atoms with Crippen molar-refractivity contribution in [2.24, 2.45) is 0 Å². The van der Waals surface area contributed by atoms with Crippen molar-refractivity contribution in [3.05, 3.63) is 64.7 Å². The Balaban J connectivity index is 1.65. The summed E-state index contributed by atoms with van der Waals surface area (Å²) in [7, 11) is -2.10. The summed E-state index contributed by atoms with van der Waals surface area (Å²) in [5.41, 5.74) is 2.15. The van der Waals surface area contributed by atoms with Crippen LogP contribution in [0.2, 0.25) is 0 Å². The van der Waals surface area contributed by atoms with Gasteiger partial charge in [-0.1, -0.05) is 24.3 Å². The van der Waals surface area contributed by atoms with Gasteiger partial charge in [-0.3, -0.25) is 14.5 Å². The molecule has 0 saturated heterocycles. The van der Waals surface area contributed by atoms with Crippen LogP contribution in [-0.4, -0.2) is 44.3 Å². The first-order chi connectivity index (χ1) is 14.6. The monoisotopic (exact) mass is 444 g/mol. The Hall–Kier alpha value is -3.24. The van der Waals surface area contributed by atoms with E-state index in [0.717, 1.165) is 4.90 Å². The number of sulfonamides is 1. The van der Waals surface area contributed by atoms with E-state index in [1.165, 1.54) is 19.2 Å². The van der Waals surface area contributed by atoms with Crippen LogP contribution in [-0.2, 0) is 22.3 Å². The van der Waals surface area contributed by atoms with Crippen LogP contribution < -0.4 is 15.4 Å². The lowest BCUT2D eigenvalue weighted by Gasteiger charge is -2.14. The maximum absolute atomic E-state index is 12.3. The minimum Gasteiger partial charge on any atom is -0.334 e. The molecule has 1 heterocycles. The summed E-state index contributed by atoms with van der Waals surface area (Å²) < 4.78 is 27.0. The number of urea groups is 1. The van der Waals surface area contributed by atoms with Crippen LogP contribution in [0.15, 0.2) is 42.5 Å². The van der Waals surface area contributed by atoms with E-state index < -0.39 is 22.0 Å². The van der Waals surface area contributed by atoms with Gasteiger partial charge in [-0.2, -0.15) is 0 Å². The van der Waals surface area contributed by atoms with E-state index in [2.05, 4.69) is 15.4 Å². The molecule has 10 heteroatoms. The zero-order chi connectivity index (χ0) is 22.8. The van der Waals surface area contributed by atoms with E-state index in [9.17, 15) is 22.8 Å². The maximum atomic E-state index is 12.3. The number of carbonyl (C=O) groups excluding carboxylic acids is 3. The average Bonchev–Trinajstić information content (AvgIpc) is 2.90. The van der Waals surface area contributed by atoms with Crippen molar-refractivity contribution in [2.75, 3.05) is 12.4 Å². The molecule has 2 aromatic rings. The SMILES string of the molecule is CC(C)NS(=O)(=O)Cc1ccccc1CNC(=O)Nc1ccc2c(c1)C(=O)N(C)C2=O. The van der Waals surface area contributed by atoms with Crippen LogP contribution in [0.25, 0.3) is 0 Å². The molecule has 0 unspecified atom stereocenters. The molecule has 3 rings (SSSR count). The zero-order valence-electron chi connectivity index (χ0n) is 17.4. The number of hydrogen-bond donors (Lipinski definition) is 3. The van der Waals surface area contributed by atoms with Crippen LogP contribution >= 0.6 is 0 Å². The highest BCUT2D eigenvalue weighted by atomic mass is 32.2. The van der Waals surface area contributed by atoms with E-state index in [1.807, 2.05) is 0 Å². The van der Waals surface area contributed by atoms with Crippen molar-refractivity contribution >= 4 is 33.6 Å². The van der Waals surface area contributed by atoms with Crippen LogP contribution in [0.4, 0.5) is 10.5 Å². The fraction of sp³-hybridized carbons (Fsp3) is 0.286. The summed E-state index contributed by atoms with van der Waals surface area (Å²) in [6.07, 6.45) is 0. The number of amides is 4. The molecule has 3 N–H and O–H groups in total. The number of imide groups is 1. The number of carbonyl (C=O) groups is 3. The second kappa shape index (κ2) is 8.86. The summed E-state index contributed by atoms with van der Waals surface area (Å²) in [6.45, 7) is 3.61.